The van der Waals surface area contributed by atoms with Gasteiger partial charge in [0.1, 0.15) is 0 Å². The third-order valence-corrected chi connectivity index (χ3v) is 6.35. The van der Waals surface area contributed by atoms with Gasteiger partial charge in [0.2, 0.25) is 5.91 Å². The van der Waals surface area contributed by atoms with Gasteiger partial charge in [-0.15, -0.1) is 0 Å². The summed E-state index contributed by atoms with van der Waals surface area (Å²) in [7, 11) is 0. The van der Waals surface area contributed by atoms with E-state index in [1.807, 2.05) is 44.2 Å². The van der Waals surface area contributed by atoms with Crippen LogP contribution in [0.15, 0.2) is 52.4 Å². The number of carbonyl (C=O) groups excluding carboxylic acids is 2. The first-order valence-electron chi connectivity index (χ1n) is 9.72. The van der Waals surface area contributed by atoms with Crippen molar-refractivity contribution in [3.8, 4) is 5.69 Å². The van der Waals surface area contributed by atoms with Crippen molar-refractivity contribution < 1.29 is 9.59 Å². The Kier molecular flexibility index (Phi) is 5.34. The van der Waals surface area contributed by atoms with Crippen LogP contribution < -0.4 is 10.9 Å². The molecule has 1 saturated heterocycles. The molecule has 1 aliphatic heterocycles. The average Bonchev–Trinajstić information content (AvgIpc) is 3.16. The lowest BCUT2D eigenvalue weighted by Gasteiger charge is -2.20. The summed E-state index contributed by atoms with van der Waals surface area (Å²) in [6, 6.07) is 12.6. The third-order valence-electron chi connectivity index (χ3n) is 5.31. The van der Waals surface area contributed by atoms with Gasteiger partial charge in [0, 0.05) is 13.1 Å². The van der Waals surface area contributed by atoms with E-state index in [1.54, 1.807) is 23.6 Å². The zero-order valence-corrected chi connectivity index (χ0v) is 17.8. The molecule has 0 bridgehead atoms. The maximum atomic E-state index is 13.4. The van der Waals surface area contributed by atoms with E-state index in [-0.39, 0.29) is 17.5 Å². The van der Waals surface area contributed by atoms with E-state index in [0.717, 1.165) is 16.8 Å². The van der Waals surface area contributed by atoms with E-state index in [4.69, 9.17) is 4.98 Å². The molecule has 1 aliphatic rings. The lowest BCUT2D eigenvalue weighted by atomic mass is 10.1. The molecule has 7 nitrogen and oxygen atoms in total. The van der Waals surface area contributed by atoms with E-state index in [0.29, 0.717) is 29.1 Å². The fraction of sp³-hybridized carbons (Fsp3) is 0.273. The minimum absolute atomic E-state index is 0.185. The minimum atomic E-state index is -0.585. The van der Waals surface area contributed by atoms with Crippen LogP contribution in [0.3, 0.4) is 0 Å². The number of hydrogen-bond acceptors (Lipinski definition) is 5. The summed E-state index contributed by atoms with van der Waals surface area (Å²) in [5.41, 5.74) is 3.15. The number of imide groups is 1. The zero-order valence-electron chi connectivity index (χ0n) is 17.0. The normalized spacial score (nSPS) is 14.8. The van der Waals surface area contributed by atoms with Gasteiger partial charge in [0.15, 0.2) is 5.16 Å². The number of hydrogen-bond donors (Lipinski definition) is 1. The molecule has 30 heavy (non-hydrogen) atoms. The number of aryl methyl sites for hydroxylation is 1. The van der Waals surface area contributed by atoms with E-state index in [2.05, 4.69) is 5.32 Å². The molecule has 2 aromatic carbocycles. The van der Waals surface area contributed by atoms with E-state index in [1.165, 1.54) is 16.7 Å². The Balaban J connectivity index is 1.84. The maximum absolute atomic E-state index is 13.4. The topological polar surface area (TPSA) is 84.3 Å². The Hall–Kier alpha value is -3.13. The summed E-state index contributed by atoms with van der Waals surface area (Å²) in [6.07, 6.45) is 0. The van der Waals surface area contributed by atoms with Crippen LogP contribution in [0.2, 0.25) is 0 Å². The summed E-state index contributed by atoms with van der Waals surface area (Å²) < 4.78 is 1.57. The molecule has 0 saturated carbocycles. The van der Waals surface area contributed by atoms with Gasteiger partial charge in [-0.05, 0) is 50.1 Å². The summed E-state index contributed by atoms with van der Waals surface area (Å²) in [6.45, 7) is 6.47. The SMILES string of the molecule is Cc1cccc(-n2c(S[C@@H](C)C(=O)N3CCNC3=O)nc3ccccc3c2=O)c1C. The molecule has 1 atom stereocenters. The molecule has 0 aliphatic carbocycles. The van der Waals surface area contributed by atoms with Crippen LogP contribution in [0.25, 0.3) is 16.6 Å². The summed E-state index contributed by atoms with van der Waals surface area (Å²) in [4.78, 5) is 44.0. The smallest absolute Gasteiger partial charge is 0.324 e. The van der Waals surface area contributed by atoms with E-state index >= 15 is 0 Å². The van der Waals surface area contributed by atoms with Crippen molar-refractivity contribution in [2.24, 2.45) is 0 Å². The minimum Gasteiger partial charge on any atom is -0.336 e. The largest absolute Gasteiger partial charge is 0.336 e. The van der Waals surface area contributed by atoms with Crippen molar-refractivity contribution in [1.29, 1.82) is 0 Å². The molecule has 3 amide bonds. The number of rotatable bonds is 4. The van der Waals surface area contributed by atoms with Crippen molar-refractivity contribution in [2.45, 2.75) is 31.2 Å². The number of carbonyl (C=O) groups is 2. The third kappa shape index (κ3) is 3.47. The number of aromatic nitrogens is 2. The van der Waals surface area contributed by atoms with Gasteiger partial charge in [0.25, 0.3) is 5.56 Å². The molecule has 0 radical (unpaired) electrons. The Morgan fingerprint density at radius 3 is 2.63 bits per heavy atom. The van der Waals surface area contributed by atoms with Crippen molar-refractivity contribution in [3.05, 3.63) is 63.9 Å². The maximum Gasteiger partial charge on any atom is 0.324 e. The molecule has 4 rings (SSSR count). The van der Waals surface area contributed by atoms with Crippen LogP contribution in [0, 0.1) is 13.8 Å². The highest BCUT2D eigenvalue weighted by atomic mass is 32.2. The Labute approximate surface area is 178 Å². The van der Waals surface area contributed by atoms with Crippen molar-refractivity contribution in [2.75, 3.05) is 13.1 Å². The molecule has 8 heteroatoms. The van der Waals surface area contributed by atoms with Crippen LogP contribution in [0.4, 0.5) is 4.79 Å². The van der Waals surface area contributed by atoms with Gasteiger partial charge in [0.05, 0.1) is 21.8 Å². The van der Waals surface area contributed by atoms with E-state index in [9.17, 15) is 14.4 Å². The molecule has 0 spiro atoms. The van der Waals surface area contributed by atoms with Gasteiger partial charge in [-0.25, -0.2) is 9.78 Å². The standard InChI is InChI=1S/C22H22N4O3S/c1-13-7-6-10-18(14(13)2)26-20(28)16-8-4-5-9-17(16)24-22(26)30-15(3)19(27)25-12-11-23-21(25)29/h4-10,15H,11-12H2,1-3H3,(H,23,29)/t15-/m0/s1. The quantitative estimate of drug-likeness (QED) is 0.516. The first-order valence-corrected chi connectivity index (χ1v) is 10.6. The average molecular weight is 423 g/mol. The predicted octanol–water partition coefficient (Wildman–Crippen LogP) is 3.03. The Morgan fingerprint density at radius 2 is 1.90 bits per heavy atom. The van der Waals surface area contributed by atoms with Gasteiger partial charge in [-0.3, -0.25) is 19.1 Å². The molecule has 1 fully saturated rings. The van der Waals surface area contributed by atoms with Gasteiger partial charge >= 0.3 is 6.03 Å². The number of urea groups is 1. The molecule has 1 aromatic heterocycles. The fourth-order valence-corrected chi connectivity index (χ4v) is 4.47. The Bertz CT molecular complexity index is 1220. The molecule has 3 aromatic rings. The van der Waals surface area contributed by atoms with Crippen LogP contribution in [0.1, 0.15) is 18.1 Å². The van der Waals surface area contributed by atoms with Crippen LogP contribution in [0.5, 0.6) is 0 Å². The molecule has 1 N–H and O–H groups in total. The number of thioether (sulfide) groups is 1. The van der Waals surface area contributed by atoms with Gasteiger partial charge in [-0.2, -0.15) is 0 Å². The fourth-order valence-electron chi connectivity index (χ4n) is 3.49. The number of amides is 3. The molecular weight excluding hydrogens is 400 g/mol. The van der Waals surface area contributed by atoms with Gasteiger partial charge in [-0.1, -0.05) is 36.0 Å². The predicted molar refractivity (Wildman–Crippen MR) is 117 cm³/mol. The van der Waals surface area contributed by atoms with Crippen LogP contribution >= 0.6 is 11.8 Å². The van der Waals surface area contributed by atoms with Crippen molar-refractivity contribution in [1.82, 2.24) is 19.8 Å². The highest BCUT2D eigenvalue weighted by Gasteiger charge is 2.31. The van der Waals surface area contributed by atoms with Crippen molar-refractivity contribution >= 4 is 34.6 Å². The number of nitrogens with zero attached hydrogens (tertiary/aromatic N) is 3. The Morgan fingerprint density at radius 1 is 1.13 bits per heavy atom. The number of para-hydroxylation sites is 1. The summed E-state index contributed by atoms with van der Waals surface area (Å²) >= 11 is 1.19. The number of nitrogens with one attached hydrogen (secondary N) is 1. The van der Waals surface area contributed by atoms with Crippen LogP contribution in [-0.2, 0) is 4.79 Å². The molecular formula is C22H22N4O3S. The highest BCUT2D eigenvalue weighted by Crippen LogP contribution is 2.28. The highest BCUT2D eigenvalue weighted by molar-refractivity contribution is 8.00. The first-order chi connectivity index (χ1) is 14.4. The number of benzene rings is 2. The molecule has 2 heterocycles. The molecule has 0 unspecified atom stereocenters. The summed E-state index contributed by atoms with van der Waals surface area (Å²) in [5.74, 6) is -0.301. The zero-order chi connectivity index (χ0) is 21.4. The van der Waals surface area contributed by atoms with Gasteiger partial charge < -0.3 is 5.32 Å². The van der Waals surface area contributed by atoms with Crippen LogP contribution in [-0.4, -0.2) is 44.7 Å². The monoisotopic (exact) mass is 422 g/mol. The summed E-state index contributed by atoms with van der Waals surface area (Å²) in [5, 5.41) is 2.99. The molecule has 154 valence electrons. The second kappa shape index (κ2) is 7.95. The van der Waals surface area contributed by atoms with Crippen molar-refractivity contribution in [3.63, 3.8) is 0 Å². The number of fused-ring (bicyclic) bond motifs is 1. The lowest BCUT2D eigenvalue weighted by Crippen LogP contribution is -2.39. The first kappa shape index (κ1) is 20.2. The van der Waals surface area contributed by atoms with E-state index < -0.39 is 5.25 Å². The lowest BCUT2D eigenvalue weighted by molar-refractivity contribution is -0.126. The second-order valence-electron chi connectivity index (χ2n) is 7.25. The second-order valence-corrected chi connectivity index (χ2v) is 8.56.